The molecule has 2 rings (SSSR count). The number of hydrogen-bond donors (Lipinski definition) is 2. The highest BCUT2D eigenvalue weighted by atomic mass is 15.0. The molecule has 2 N–H and O–H groups in total. The van der Waals surface area contributed by atoms with E-state index in [2.05, 4.69) is 26.2 Å². The molecule has 0 amide bonds. The van der Waals surface area contributed by atoms with Crippen LogP contribution in [0.25, 0.3) is 11.3 Å². The van der Waals surface area contributed by atoms with E-state index in [1.54, 1.807) is 12.7 Å². The summed E-state index contributed by atoms with van der Waals surface area (Å²) in [5, 5.41) is 2.98. The van der Waals surface area contributed by atoms with Crippen molar-refractivity contribution in [3.63, 3.8) is 0 Å². The van der Waals surface area contributed by atoms with E-state index in [0.717, 1.165) is 16.9 Å². The molecule has 2 aromatic rings. The molecule has 0 spiro atoms. The Balaban J connectivity index is 2.03. The van der Waals surface area contributed by atoms with Crippen LogP contribution < -0.4 is 5.32 Å². The molecular formula is C14H14N4. The smallest absolute Gasteiger partial charge is 0.0927 e. The number of aliphatic imine (C=N–C) groups is 1. The van der Waals surface area contributed by atoms with Crippen LogP contribution in [0.1, 0.15) is 6.92 Å². The van der Waals surface area contributed by atoms with Crippen LogP contribution in [0.4, 0.5) is 5.69 Å². The lowest BCUT2D eigenvalue weighted by atomic mass is 10.1. The zero-order chi connectivity index (χ0) is 12.8. The minimum absolute atomic E-state index is 0.0166. The first-order valence-corrected chi connectivity index (χ1v) is 5.63. The minimum Gasteiger partial charge on any atom is -0.363 e. The van der Waals surface area contributed by atoms with Gasteiger partial charge in [-0.25, -0.2) is 9.98 Å². The fourth-order valence-electron chi connectivity index (χ4n) is 1.41. The molecule has 0 aliphatic rings. The van der Waals surface area contributed by atoms with Crippen LogP contribution in [0.2, 0.25) is 0 Å². The third kappa shape index (κ3) is 2.98. The second-order valence-corrected chi connectivity index (χ2v) is 3.81. The van der Waals surface area contributed by atoms with Gasteiger partial charge in [0.25, 0.3) is 0 Å². The fourth-order valence-corrected chi connectivity index (χ4v) is 1.41. The quantitative estimate of drug-likeness (QED) is 0.488. The molecule has 0 radical (unpaired) electrons. The van der Waals surface area contributed by atoms with Crippen molar-refractivity contribution in [3.05, 3.63) is 36.8 Å². The van der Waals surface area contributed by atoms with Crippen molar-refractivity contribution in [2.45, 2.75) is 13.0 Å². The van der Waals surface area contributed by atoms with Crippen molar-refractivity contribution in [2.24, 2.45) is 4.99 Å². The Kier molecular flexibility index (Phi) is 3.77. The average Bonchev–Trinajstić information content (AvgIpc) is 2.93. The van der Waals surface area contributed by atoms with Gasteiger partial charge in [0.15, 0.2) is 0 Å². The molecule has 0 aliphatic heterocycles. The molecule has 1 aromatic carbocycles. The Morgan fingerprint density at radius 3 is 2.83 bits per heavy atom. The van der Waals surface area contributed by atoms with Gasteiger partial charge in [0.2, 0.25) is 0 Å². The first-order valence-electron chi connectivity index (χ1n) is 5.63. The second-order valence-electron chi connectivity index (χ2n) is 3.81. The van der Waals surface area contributed by atoms with E-state index < -0.39 is 0 Å². The number of benzene rings is 1. The summed E-state index contributed by atoms with van der Waals surface area (Å²) in [6.07, 6.45) is 10.4. The maximum Gasteiger partial charge on any atom is 0.0927 e. The Labute approximate surface area is 106 Å². The normalized spacial score (nSPS) is 12.2. The van der Waals surface area contributed by atoms with E-state index in [-0.39, 0.29) is 6.04 Å². The lowest BCUT2D eigenvalue weighted by molar-refractivity contribution is 0.846. The Morgan fingerprint density at radius 1 is 1.44 bits per heavy atom. The van der Waals surface area contributed by atoms with Crippen LogP contribution in [0.15, 0.2) is 41.8 Å². The summed E-state index contributed by atoms with van der Waals surface area (Å²) in [6, 6.07) is 7.81. The molecule has 1 atom stereocenters. The van der Waals surface area contributed by atoms with E-state index in [9.17, 15) is 0 Å². The molecule has 90 valence electrons. The lowest BCUT2D eigenvalue weighted by Gasteiger charge is -2.02. The summed E-state index contributed by atoms with van der Waals surface area (Å²) >= 11 is 0. The van der Waals surface area contributed by atoms with Crippen molar-refractivity contribution in [1.29, 1.82) is 0 Å². The number of aromatic nitrogens is 2. The highest BCUT2D eigenvalue weighted by Gasteiger charge is 1.98. The molecule has 0 saturated carbocycles. The summed E-state index contributed by atoms with van der Waals surface area (Å²) in [5.74, 6) is 2.56. The summed E-state index contributed by atoms with van der Waals surface area (Å²) in [6.45, 7) is 1.90. The number of nitrogens with zero attached hydrogens (tertiary/aromatic N) is 2. The number of hydrogen-bond acceptors (Lipinski definition) is 2. The van der Waals surface area contributed by atoms with E-state index in [0.29, 0.717) is 0 Å². The van der Waals surface area contributed by atoms with Gasteiger partial charge in [-0.1, -0.05) is 18.1 Å². The van der Waals surface area contributed by atoms with Crippen LogP contribution in [-0.2, 0) is 0 Å². The average molecular weight is 238 g/mol. The third-order valence-corrected chi connectivity index (χ3v) is 2.45. The topological polar surface area (TPSA) is 53.1 Å². The minimum atomic E-state index is -0.0166. The van der Waals surface area contributed by atoms with Crippen LogP contribution in [0.5, 0.6) is 0 Å². The van der Waals surface area contributed by atoms with E-state index in [4.69, 9.17) is 6.42 Å². The van der Waals surface area contributed by atoms with Crippen LogP contribution in [-0.4, -0.2) is 22.3 Å². The number of aromatic amines is 1. The Morgan fingerprint density at radius 2 is 2.22 bits per heavy atom. The first kappa shape index (κ1) is 11.9. The van der Waals surface area contributed by atoms with Crippen LogP contribution in [0, 0.1) is 12.3 Å². The molecule has 4 heteroatoms. The van der Waals surface area contributed by atoms with Gasteiger partial charge in [-0.15, -0.1) is 6.42 Å². The standard InChI is InChI=1S/C14H14N4/c1-3-11(2)16-10-17-13-6-4-12(5-7-13)14-8-15-9-18-14/h1,4-11H,2H3,(H,15,18)(H,16,17). The second kappa shape index (κ2) is 5.69. The maximum atomic E-state index is 5.24. The molecule has 4 nitrogen and oxygen atoms in total. The van der Waals surface area contributed by atoms with Gasteiger partial charge >= 0.3 is 0 Å². The summed E-state index contributed by atoms with van der Waals surface area (Å²) in [5.41, 5.74) is 2.84. The molecular weight excluding hydrogens is 224 g/mol. The van der Waals surface area contributed by atoms with Crippen LogP contribution >= 0.6 is 0 Å². The molecule has 1 aromatic heterocycles. The fraction of sp³-hybridized carbons (Fsp3) is 0.143. The van der Waals surface area contributed by atoms with Crippen LogP contribution in [0.3, 0.4) is 0 Å². The monoisotopic (exact) mass is 238 g/mol. The highest BCUT2D eigenvalue weighted by Crippen LogP contribution is 2.19. The van der Waals surface area contributed by atoms with Crippen molar-refractivity contribution < 1.29 is 0 Å². The van der Waals surface area contributed by atoms with Gasteiger partial charge in [-0.2, -0.15) is 0 Å². The van der Waals surface area contributed by atoms with E-state index in [1.165, 1.54) is 0 Å². The van der Waals surface area contributed by atoms with Gasteiger partial charge in [-0.3, -0.25) is 0 Å². The molecule has 1 heterocycles. The van der Waals surface area contributed by atoms with Crippen molar-refractivity contribution >= 4 is 12.0 Å². The molecule has 0 saturated heterocycles. The zero-order valence-corrected chi connectivity index (χ0v) is 10.1. The Hall–Kier alpha value is -2.54. The van der Waals surface area contributed by atoms with Crippen molar-refractivity contribution in [2.75, 3.05) is 0 Å². The number of rotatable bonds is 4. The predicted octanol–water partition coefficient (Wildman–Crippen LogP) is 2.35. The summed E-state index contributed by atoms with van der Waals surface area (Å²) in [4.78, 5) is 11.4. The molecule has 1 unspecified atom stereocenters. The van der Waals surface area contributed by atoms with Gasteiger partial charge in [0.1, 0.15) is 0 Å². The van der Waals surface area contributed by atoms with Gasteiger partial charge in [-0.05, 0) is 19.1 Å². The Bertz CT molecular complexity index is 546. The third-order valence-electron chi connectivity index (χ3n) is 2.45. The van der Waals surface area contributed by atoms with Gasteiger partial charge < -0.3 is 10.3 Å². The van der Waals surface area contributed by atoms with Gasteiger partial charge in [0.05, 0.1) is 30.1 Å². The lowest BCUT2D eigenvalue weighted by Crippen LogP contribution is -2.21. The van der Waals surface area contributed by atoms with E-state index in [1.807, 2.05) is 37.4 Å². The molecule has 0 bridgehead atoms. The maximum absolute atomic E-state index is 5.24. The number of imidazole rings is 1. The van der Waals surface area contributed by atoms with E-state index >= 15 is 0 Å². The molecule has 0 aliphatic carbocycles. The largest absolute Gasteiger partial charge is 0.363 e. The zero-order valence-electron chi connectivity index (χ0n) is 10.1. The molecule has 18 heavy (non-hydrogen) atoms. The van der Waals surface area contributed by atoms with Crippen molar-refractivity contribution in [1.82, 2.24) is 15.3 Å². The number of terminal acetylenes is 1. The summed E-state index contributed by atoms with van der Waals surface area (Å²) < 4.78 is 0. The number of nitrogens with one attached hydrogen (secondary N) is 2. The first-order chi connectivity index (χ1) is 8.79. The van der Waals surface area contributed by atoms with Gasteiger partial charge in [0, 0.05) is 11.8 Å². The summed E-state index contributed by atoms with van der Waals surface area (Å²) in [7, 11) is 0. The highest BCUT2D eigenvalue weighted by molar-refractivity contribution is 5.65. The van der Waals surface area contributed by atoms with Crippen molar-refractivity contribution in [3.8, 4) is 23.6 Å². The SMILES string of the molecule is C#CC(C)N/C=N/c1ccc(-c2c[nH]cn2)cc1. The predicted molar refractivity (Wildman–Crippen MR) is 73.6 cm³/mol. The molecule has 0 fully saturated rings. The number of H-pyrrole nitrogens is 1.